The van der Waals surface area contributed by atoms with Crippen molar-refractivity contribution >= 4 is 6.09 Å². The van der Waals surface area contributed by atoms with Crippen LogP contribution in [0.2, 0.25) is 0 Å². The highest BCUT2D eigenvalue weighted by Gasteiger charge is 2.04. The van der Waals surface area contributed by atoms with Gasteiger partial charge in [-0.05, 0) is 46.3 Å². The average molecular weight is 230 g/mol. The van der Waals surface area contributed by atoms with Gasteiger partial charge < -0.3 is 15.0 Å². The zero-order chi connectivity index (χ0) is 12.4. The van der Waals surface area contributed by atoms with Crippen LogP contribution in [0.15, 0.2) is 0 Å². The molecule has 0 saturated carbocycles. The Morgan fingerprint density at radius 3 is 2.50 bits per heavy atom. The average Bonchev–Trinajstić information content (AvgIpc) is 2.21. The third-order valence-corrected chi connectivity index (χ3v) is 2.25. The molecule has 0 spiro atoms. The molecular weight excluding hydrogens is 204 g/mol. The molecule has 16 heavy (non-hydrogen) atoms. The number of rotatable bonds is 8. The molecule has 0 radical (unpaired) electrons. The molecule has 0 unspecified atom stereocenters. The first kappa shape index (κ1) is 15.2. The molecule has 0 aromatic rings. The second kappa shape index (κ2) is 9.46. The van der Waals surface area contributed by atoms with Crippen LogP contribution in [0.5, 0.6) is 0 Å². The van der Waals surface area contributed by atoms with E-state index in [-0.39, 0.29) is 12.2 Å². The highest BCUT2D eigenvalue weighted by Crippen LogP contribution is 1.93. The molecule has 0 aromatic heterocycles. The van der Waals surface area contributed by atoms with E-state index in [1.165, 1.54) is 6.42 Å². The number of nitrogens with zero attached hydrogens (tertiary/aromatic N) is 1. The molecule has 1 N–H and O–H groups in total. The Bertz CT molecular complexity index is 184. The molecule has 0 saturated heterocycles. The van der Waals surface area contributed by atoms with E-state index in [9.17, 15) is 4.79 Å². The zero-order valence-electron chi connectivity index (χ0n) is 11.1. The molecule has 0 aromatic carbocycles. The summed E-state index contributed by atoms with van der Waals surface area (Å²) in [4.78, 5) is 13.5. The van der Waals surface area contributed by atoms with E-state index in [1.807, 2.05) is 13.8 Å². The lowest BCUT2D eigenvalue weighted by molar-refractivity contribution is 0.115. The van der Waals surface area contributed by atoms with E-state index >= 15 is 0 Å². The van der Waals surface area contributed by atoms with Gasteiger partial charge in [-0.25, -0.2) is 4.79 Å². The maximum atomic E-state index is 11.1. The van der Waals surface area contributed by atoms with Gasteiger partial charge in [-0.1, -0.05) is 13.8 Å². The normalized spacial score (nSPS) is 10.9. The van der Waals surface area contributed by atoms with Crippen LogP contribution in [0.1, 0.15) is 40.5 Å². The highest BCUT2D eigenvalue weighted by molar-refractivity contribution is 5.67. The van der Waals surface area contributed by atoms with Gasteiger partial charge in [0.1, 0.15) is 0 Å². The van der Waals surface area contributed by atoms with Crippen molar-refractivity contribution in [3.63, 3.8) is 0 Å². The van der Waals surface area contributed by atoms with Crippen LogP contribution < -0.4 is 5.32 Å². The van der Waals surface area contributed by atoms with Gasteiger partial charge in [-0.2, -0.15) is 0 Å². The summed E-state index contributed by atoms with van der Waals surface area (Å²) in [5, 5.41) is 2.75. The molecule has 0 fully saturated rings. The molecule has 0 rings (SSSR count). The van der Waals surface area contributed by atoms with Crippen molar-refractivity contribution in [2.45, 2.75) is 46.6 Å². The summed E-state index contributed by atoms with van der Waals surface area (Å²) in [5.41, 5.74) is 0. The Balaban J connectivity index is 3.47. The minimum atomic E-state index is -0.312. The van der Waals surface area contributed by atoms with Gasteiger partial charge in [-0.3, -0.25) is 0 Å². The first-order chi connectivity index (χ1) is 7.60. The number of nitrogens with one attached hydrogen (secondary N) is 1. The first-order valence-corrected chi connectivity index (χ1v) is 6.27. The van der Waals surface area contributed by atoms with Crippen LogP contribution >= 0.6 is 0 Å². The van der Waals surface area contributed by atoms with Gasteiger partial charge in [-0.15, -0.1) is 0 Å². The molecule has 4 heteroatoms. The van der Waals surface area contributed by atoms with Gasteiger partial charge >= 0.3 is 6.09 Å². The summed E-state index contributed by atoms with van der Waals surface area (Å²) in [7, 11) is 0. The molecule has 0 aliphatic heterocycles. The molecule has 0 aliphatic carbocycles. The quantitative estimate of drug-likeness (QED) is 0.650. The minimum absolute atomic E-state index is 0.0489. The summed E-state index contributed by atoms with van der Waals surface area (Å²) < 4.78 is 4.97. The maximum absolute atomic E-state index is 11.1. The number of ether oxygens (including phenoxy) is 1. The fraction of sp³-hybridized carbons (Fsp3) is 0.917. The third kappa shape index (κ3) is 8.53. The lowest BCUT2D eigenvalue weighted by Crippen LogP contribution is -2.31. The first-order valence-electron chi connectivity index (χ1n) is 6.27. The third-order valence-electron chi connectivity index (χ3n) is 2.25. The zero-order valence-corrected chi connectivity index (χ0v) is 11.1. The largest absolute Gasteiger partial charge is 0.447 e. The summed E-state index contributed by atoms with van der Waals surface area (Å²) in [5.74, 6) is 0. The smallest absolute Gasteiger partial charge is 0.407 e. The van der Waals surface area contributed by atoms with Crippen LogP contribution in [0.25, 0.3) is 0 Å². The van der Waals surface area contributed by atoms with Gasteiger partial charge in [0.25, 0.3) is 0 Å². The predicted molar refractivity (Wildman–Crippen MR) is 66.6 cm³/mol. The Morgan fingerprint density at radius 2 is 2.00 bits per heavy atom. The molecule has 0 atom stereocenters. The Labute approximate surface area is 99.3 Å². The topological polar surface area (TPSA) is 41.6 Å². The van der Waals surface area contributed by atoms with E-state index < -0.39 is 0 Å². The number of hydrogen-bond donors (Lipinski definition) is 1. The lowest BCUT2D eigenvalue weighted by atomic mass is 10.3. The second-order valence-corrected chi connectivity index (χ2v) is 4.17. The van der Waals surface area contributed by atoms with Crippen molar-refractivity contribution in [3.05, 3.63) is 0 Å². The number of carbonyl (C=O) groups is 1. The number of amides is 1. The van der Waals surface area contributed by atoms with Crippen molar-refractivity contribution in [2.75, 3.05) is 26.2 Å². The SMILES string of the molecule is CCCN(CC)CCCNC(=O)OC(C)C. The monoisotopic (exact) mass is 230 g/mol. The maximum Gasteiger partial charge on any atom is 0.407 e. The van der Waals surface area contributed by atoms with Crippen molar-refractivity contribution in [1.29, 1.82) is 0 Å². The van der Waals surface area contributed by atoms with Crippen LogP contribution in [0, 0.1) is 0 Å². The van der Waals surface area contributed by atoms with Crippen LogP contribution in [-0.2, 0) is 4.74 Å². The number of carbonyl (C=O) groups excluding carboxylic acids is 1. The molecule has 0 heterocycles. The van der Waals surface area contributed by atoms with Gasteiger partial charge in [0.05, 0.1) is 6.10 Å². The standard InChI is InChI=1S/C12H26N2O2/c1-5-9-14(6-2)10-7-8-13-12(15)16-11(3)4/h11H,5-10H2,1-4H3,(H,13,15). The van der Waals surface area contributed by atoms with E-state index in [0.29, 0.717) is 6.54 Å². The predicted octanol–water partition coefficient (Wildman–Crippen LogP) is 2.24. The van der Waals surface area contributed by atoms with Crippen molar-refractivity contribution in [2.24, 2.45) is 0 Å². The number of hydrogen-bond acceptors (Lipinski definition) is 3. The van der Waals surface area contributed by atoms with E-state index in [1.54, 1.807) is 0 Å². The molecule has 1 amide bonds. The minimum Gasteiger partial charge on any atom is -0.447 e. The molecule has 0 bridgehead atoms. The summed E-state index contributed by atoms with van der Waals surface area (Å²) in [6.45, 7) is 12.0. The summed E-state index contributed by atoms with van der Waals surface area (Å²) in [6, 6.07) is 0. The Kier molecular flexibility index (Phi) is 9.00. The van der Waals surface area contributed by atoms with Crippen LogP contribution in [-0.4, -0.2) is 43.3 Å². The molecular formula is C12H26N2O2. The van der Waals surface area contributed by atoms with Gasteiger partial charge in [0.2, 0.25) is 0 Å². The van der Waals surface area contributed by atoms with Crippen molar-refractivity contribution in [3.8, 4) is 0 Å². The van der Waals surface area contributed by atoms with E-state index in [2.05, 4.69) is 24.1 Å². The van der Waals surface area contributed by atoms with Crippen molar-refractivity contribution in [1.82, 2.24) is 10.2 Å². The van der Waals surface area contributed by atoms with Gasteiger partial charge in [0.15, 0.2) is 0 Å². The summed E-state index contributed by atoms with van der Waals surface area (Å²) in [6.07, 6.45) is 1.79. The molecule has 0 aliphatic rings. The molecule has 4 nitrogen and oxygen atoms in total. The van der Waals surface area contributed by atoms with Crippen molar-refractivity contribution < 1.29 is 9.53 Å². The summed E-state index contributed by atoms with van der Waals surface area (Å²) >= 11 is 0. The van der Waals surface area contributed by atoms with Gasteiger partial charge in [0, 0.05) is 6.54 Å². The Hall–Kier alpha value is -0.770. The van der Waals surface area contributed by atoms with Crippen LogP contribution in [0.3, 0.4) is 0 Å². The second-order valence-electron chi connectivity index (χ2n) is 4.17. The molecule has 96 valence electrons. The van der Waals surface area contributed by atoms with E-state index in [0.717, 1.165) is 26.1 Å². The highest BCUT2D eigenvalue weighted by atomic mass is 16.6. The lowest BCUT2D eigenvalue weighted by Gasteiger charge is -2.19. The number of alkyl carbamates (subject to hydrolysis) is 1. The Morgan fingerprint density at radius 1 is 1.31 bits per heavy atom. The van der Waals surface area contributed by atoms with E-state index in [4.69, 9.17) is 4.74 Å². The fourth-order valence-corrected chi connectivity index (χ4v) is 1.49. The fourth-order valence-electron chi connectivity index (χ4n) is 1.49. The van der Waals surface area contributed by atoms with Crippen LogP contribution in [0.4, 0.5) is 4.79 Å².